The quantitative estimate of drug-likeness (QED) is 0.0518. The lowest BCUT2D eigenvalue weighted by Crippen LogP contribution is -2.14. The third-order valence-electron chi connectivity index (χ3n) is 18.8. The number of rotatable bonds is 22. The van der Waals surface area contributed by atoms with Gasteiger partial charge in [0.25, 0.3) is 0 Å². The highest BCUT2D eigenvalue weighted by Gasteiger charge is 2.26. The third kappa shape index (κ3) is 33.5. The minimum absolute atomic E-state index is 0. The summed E-state index contributed by atoms with van der Waals surface area (Å²) in [6.45, 7) is 40.3. The van der Waals surface area contributed by atoms with Gasteiger partial charge in [-0.2, -0.15) is 0 Å². The molecule has 0 spiro atoms. The molecule has 624 valence electrons. The van der Waals surface area contributed by atoms with Crippen molar-refractivity contribution in [2.75, 3.05) is 12.4 Å². The van der Waals surface area contributed by atoms with Gasteiger partial charge in [0.2, 0.25) is 9.84 Å². The Morgan fingerprint density at radius 2 is 0.906 bits per heavy atom. The summed E-state index contributed by atoms with van der Waals surface area (Å²) in [4.78, 5) is 27.6. The summed E-state index contributed by atoms with van der Waals surface area (Å²) in [6, 6.07) is 73.7. The van der Waals surface area contributed by atoms with E-state index in [0.717, 1.165) is 76.7 Å². The smallest absolute Gasteiger partial charge is 0.306 e. The van der Waals surface area contributed by atoms with Gasteiger partial charge in [0, 0.05) is 35.5 Å². The van der Waals surface area contributed by atoms with Crippen LogP contribution in [0.15, 0.2) is 271 Å². The second-order valence-electron chi connectivity index (χ2n) is 32.7. The normalized spacial score (nSPS) is 11.7. The van der Waals surface area contributed by atoms with Crippen molar-refractivity contribution in [2.45, 2.75) is 227 Å². The Balaban J connectivity index is 0.000000226. The summed E-state index contributed by atoms with van der Waals surface area (Å²) in [7, 11) is -3.64. The second kappa shape index (κ2) is 48.1. The number of nitrogens with zero attached hydrogens (tertiary/aromatic N) is 3. The van der Waals surface area contributed by atoms with Gasteiger partial charge in [0.05, 0.1) is 54.5 Å². The summed E-state index contributed by atoms with van der Waals surface area (Å²) < 4.78 is 37.8. The highest BCUT2D eigenvalue weighted by molar-refractivity contribution is 9.11. The fourth-order valence-electron chi connectivity index (χ4n) is 11.6. The van der Waals surface area contributed by atoms with E-state index in [1.807, 2.05) is 66.6 Å². The zero-order valence-corrected chi connectivity index (χ0v) is 83.1. The van der Waals surface area contributed by atoms with Gasteiger partial charge in [0.1, 0.15) is 9.22 Å². The predicted octanol–water partition coefficient (Wildman–Crippen LogP) is 31.8. The van der Waals surface area contributed by atoms with Crippen LogP contribution in [0.4, 0.5) is 0 Å². The molecule has 12 aromatic rings. The van der Waals surface area contributed by atoms with Gasteiger partial charge in [-0.05, 0) is 208 Å². The van der Waals surface area contributed by atoms with E-state index in [-0.39, 0.29) is 55.7 Å². The number of carbonyl (C=O) groups excluding carboxylic acids is 1. The monoisotopic (exact) mass is 1960 g/mol. The number of esters is 1. The fourth-order valence-corrected chi connectivity index (χ4v) is 20.2. The van der Waals surface area contributed by atoms with Gasteiger partial charge >= 0.3 is 5.97 Å². The average molecular weight is 1960 g/mol. The molecule has 0 fully saturated rings. The molecule has 12 rings (SSSR count). The Hall–Kier alpha value is -5.84. The van der Waals surface area contributed by atoms with E-state index in [1.54, 1.807) is 46.6 Å². The molecule has 3 heterocycles. The number of hydrogen-bond donors (Lipinski definition) is 1. The number of ether oxygens (including phenoxy) is 1. The van der Waals surface area contributed by atoms with Crippen LogP contribution in [0.1, 0.15) is 205 Å². The number of nitrogens with two attached hydrogens (primary N) is 1. The molecule has 9 aromatic carbocycles. The summed E-state index contributed by atoms with van der Waals surface area (Å²) in [5.41, 5.74) is 21.7. The Kier molecular flexibility index (Phi) is 41.1. The number of hydrogen-bond acceptors (Lipinski definition) is 13. The minimum atomic E-state index is -3.64. The SMILES string of the molecule is CC(C)(C)c1cc(-c2ccccc2)cc(S(=O)(=O)c2cnc(CN)s2)c1.CC(C)(C)c1cc(Br)cc(-c2ccccc2)c1.CC(C)(C)c1cc(Br)cc(Br)c1.CCCCC(CC)COC(=O)CCSc1cc(-c2ccccc2)cc(C(C)C)c1.CCc1ncc(Br)s1.CCc1ncc(Sc2cc(-c3ccccc3)cc(C(C)(C)C)c2)s1.Cl. The maximum Gasteiger partial charge on any atom is 0.306 e. The Labute approximate surface area is 761 Å². The molecule has 0 saturated heterocycles. The van der Waals surface area contributed by atoms with Crippen molar-refractivity contribution < 1.29 is 17.9 Å². The maximum absolute atomic E-state index is 13.2. The second-order valence-corrected chi connectivity index (χ2v) is 44.9. The first-order valence-corrected chi connectivity index (χ1v) is 48.7. The first kappa shape index (κ1) is 100.0. The molecule has 0 saturated carbocycles. The van der Waals surface area contributed by atoms with Crippen molar-refractivity contribution >= 4 is 149 Å². The van der Waals surface area contributed by atoms with E-state index >= 15 is 0 Å². The average Bonchev–Trinajstić information content (AvgIpc) is 1.77. The summed E-state index contributed by atoms with van der Waals surface area (Å²) in [6.07, 6.45) is 12.4. The highest BCUT2D eigenvalue weighted by Crippen LogP contribution is 2.41. The van der Waals surface area contributed by atoms with E-state index in [9.17, 15) is 13.2 Å². The topological polar surface area (TPSA) is 125 Å². The molecule has 19 heteroatoms. The van der Waals surface area contributed by atoms with E-state index in [0.29, 0.717) is 29.9 Å². The molecule has 117 heavy (non-hydrogen) atoms. The van der Waals surface area contributed by atoms with Gasteiger partial charge in [-0.15, -0.1) is 58.2 Å². The van der Waals surface area contributed by atoms with E-state index in [1.165, 1.54) is 98.7 Å². The van der Waals surface area contributed by atoms with E-state index in [4.69, 9.17) is 10.5 Å². The first-order valence-electron chi connectivity index (χ1n) is 39.8. The summed E-state index contributed by atoms with van der Waals surface area (Å²) in [5.74, 6) is 1.65. The number of halogens is 5. The molecule has 8 nitrogen and oxygen atoms in total. The number of aryl methyl sites for hydroxylation is 2. The summed E-state index contributed by atoms with van der Waals surface area (Å²) in [5, 5.41) is 3.00. The molecule has 2 N–H and O–H groups in total. The lowest BCUT2D eigenvalue weighted by atomic mass is 9.85. The largest absolute Gasteiger partial charge is 0.465 e. The van der Waals surface area contributed by atoms with Crippen molar-refractivity contribution in [2.24, 2.45) is 11.7 Å². The molecule has 0 aliphatic carbocycles. The van der Waals surface area contributed by atoms with Crippen molar-refractivity contribution in [1.29, 1.82) is 0 Å². The lowest BCUT2D eigenvalue weighted by Gasteiger charge is -2.21. The Morgan fingerprint density at radius 1 is 0.479 bits per heavy atom. The molecular formula is C98H117Br4ClN4O4S6. The summed E-state index contributed by atoms with van der Waals surface area (Å²) >= 11 is 22.1. The van der Waals surface area contributed by atoms with Crippen LogP contribution in [-0.2, 0) is 60.4 Å². The van der Waals surface area contributed by atoms with Gasteiger partial charge < -0.3 is 10.5 Å². The van der Waals surface area contributed by atoms with Crippen LogP contribution in [0.5, 0.6) is 0 Å². The van der Waals surface area contributed by atoms with Crippen molar-refractivity contribution in [1.82, 2.24) is 15.0 Å². The Morgan fingerprint density at radius 3 is 1.33 bits per heavy atom. The highest BCUT2D eigenvalue weighted by atomic mass is 79.9. The number of sulfone groups is 1. The number of benzene rings is 9. The van der Waals surface area contributed by atoms with Crippen LogP contribution in [0.25, 0.3) is 44.5 Å². The van der Waals surface area contributed by atoms with Crippen LogP contribution < -0.4 is 5.73 Å². The zero-order chi connectivity index (χ0) is 85.0. The minimum Gasteiger partial charge on any atom is -0.465 e. The number of thiazole rings is 3. The lowest BCUT2D eigenvalue weighted by molar-refractivity contribution is -0.144. The number of carbonyl (C=O) groups is 1. The number of thioether (sulfide) groups is 1. The Bertz CT molecular complexity index is 5110. The zero-order valence-electron chi connectivity index (χ0n) is 71.1. The predicted molar refractivity (Wildman–Crippen MR) is 523 cm³/mol. The first-order chi connectivity index (χ1) is 54.9. The molecule has 0 aliphatic rings. The van der Waals surface area contributed by atoms with Crippen LogP contribution in [0.2, 0.25) is 0 Å². The van der Waals surface area contributed by atoms with Gasteiger partial charge in [-0.3, -0.25) is 4.79 Å². The third-order valence-corrected chi connectivity index (χ3v) is 28.2. The van der Waals surface area contributed by atoms with Gasteiger partial charge in [-0.1, -0.05) is 349 Å². The number of unbranched alkanes of at least 4 members (excludes halogenated alkanes) is 1. The van der Waals surface area contributed by atoms with Crippen molar-refractivity contribution in [3.63, 3.8) is 0 Å². The van der Waals surface area contributed by atoms with Crippen molar-refractivity contribution in [3.8, 4) is 44.5 Å². The molecule has 0 bridgehead atoms. The molecule has 0 amide bonds. The fraction of sp³-hybridized carbons (Fsp3) is 0.347. The van der Waals surface area contributed by atoms with Gasteiger partial charge in [0.15, 0.2) is 0 Å². The molecule has 3 aromatic heterocycles. The van der Waals surface area contributed by atoms with E-state index < -0.39 is 9.84 Å². The van der Waals surface area contributed by atoms with Crippen LogP contribution in [0.3, 0.4) is 0 Å². The molecule has 1 unspecified atom stereocenters. The number of aromatic nitrogens is 3. The maximum atomic E-state index is 13.2. The van der Waals surface area contributed by atoms with Crippen molar-refractivity contribution in [3.05, 3.63) is 291 Å². The van der Waals surface area contributed by atoms with Crippen LogP contribution in [0, 0.1) is 5.92 Å². The standard InChI is InChI=1S/C26H36O2S.C21H23NS2.C20H22N2O2S2.C16H17Br.C10H12Br2.C5H6BrNS.ClH/c1-5-7-11-21(6-2)19-28-26(27)14-15-29-25-17-23(20(3)4)16-24(18-25)22-12-9-8-10-13-22;1-5-19-22-14-20(24-19)23-18-12-16(15-9-7-6-8-10-15)11-17(13-18)21(2,3)4;1-20(2,3)16-9-15(14-7-5-4-6-8-14)10-17(11-16)26(23,24)19-13-22-18(12-21)25-19;1-16(2,3)14-9-13(10-15(17)11-14)12-7-5-4-6-8-12;1-10(2,3)7-4-8(11)6-9(12)5-7;1-2-5-7-3-4(6)8-5;/h8-10,12-13,16-18,20-21H,5-7,11,14-15,19H2,1-4H3;6-14H,5H2,1-4H3;4-11,13H,12,21H2,1-3H3;4-11H,1-3H3;4-6H,1-3H3;3H,2H2,1H3;1H. The molecule has 0 aliphatic heterocycles. The molecule has 0 radical (unpaired) electrons. The van der Waals surface area contributed by atoms with Crippen LogP contribution >= 0.6 is 134 Å². The molecular weight excluding hydrogens is 1840 g/mol. The molecule has 1 atom stereocenters. The van der Waals surface area contributed by atoms with E-state index in [2.05, 4.69) is 361 Å². The van der Waals surface area contributed by atoms with Crippen LogP contribution in [-0.4, -0.2) is 41.7 Å². The van der Waals surface area contributed by atoms with Gasteiger partial charge in [-0.25, -0.2) is 23.4 Å².